The number of nitrogens with one attached hydrogen (secondary N) is 1. The zero-order chi connectivity index (χ0) is 13.4. The van der Waals surface area contributed by atoms with Crippen molar-refractivity contribution in [1.29, 1.82) is 0 Å². The molecule has 0 saturated carbocycles. The van der Waals surface area contributed by atoms with Gasteiger partial charge in [0.05, 0.1) is 12.7 Å². The van der Waals surface area contributed by atoms with Gasteiger partial charge in [0.1, 0.15) is 0 Å². The lowest BCUT2D eigenvalue weighted by molar-refractivity contribution is -0.0557. The van der Waals surface area contributed by atoms with E-state index in [0.717, 1.165) is 19.7 Å². The summed E-state index contributed by atoms with van der Waals surface area (Å²) < 4.78 is 5.96. The Hall–Kier alpha value is -0.120. The van der Waals surface area contributed by atoms with Crippen molar-refractivity contribution in [2.45, 2.75) is 71.1 Å². The van der Waals surface area contributed by atoms with E-state index >= 15 is 0 Å². The Morgan fingerprint density at radius 2 is 2.06 bits per heavy atom. The minimum Gasteiger partial charge on any atom is -0.374 e. The molecule has 3 nitrogen and oxygen atoms in total. The maximum atomic E-state index is 5.96. The van der Waals surface area contributed by atoms with E-state index in [1.165, 1.54) is 32.1 Å². The quantitative estimate of drug-likeness (QED) is 0.676. The van der Waals surface area contributed by atoms with E-state index in [0.29, 0.717) is 18.2 Å². The van der Waals surface area contributed by atoms with Gasteiger partial charge in [-0.2, -0.15) is 0 Å². The molecule has 18 heavy (non-hydrogen) atoms. The summed E-state index contributed by atoms with van der Waals surface area (Å²) in [6, 6.07) is 1.15. The normalized spacial score (nSPS) is 23.5. The third-order valence-corrected chi connectivity index (χ3v) is 4.04. The molecule has 0 amide bonds. The van der Waals surface area contributed by atoms with Gasteiger partial charge in [-0.15, -0.1) is 0 Å². The predicted octanol–water partition coefficient (Wildman–Crippen LogP) is 2.65. The highest BCUT2D eigenvalue weighted by Gasteiger charge is 2.27. The number of likely N-dealkylation sites (N-methyl/N-ethyl adjacent to an activating group) is 1. The van der Waals surface area contributed by atoms with Crippen LogP contribution in [0.4, 0.5) is 0 Å². The molecule has 0 spiro atoms. The lowest BCUT2D eigenvalue weighted by Gasteiger charge is -2.39. The number of hydrogen-bond donors (Lipinski definition) is 1. The van der Waals surface area contributed by atoms with Crippen molar-refractivity contribution in [3.05, 3.63) is 0 Å². The number of unbranched alkanes of at least 4 members (excludes halogenated alkanes) is 3. The van der Waals surface area contributed by atoms with E-state index in [-0.39, 0.29) is 0 Å². The fourth-order valence-electron chi connectivity index (χ4n) is 2.72. The molecule has 1 N–H and O–H groups in total. The van der Waals surface area contributed by atoms with Crippen LogP contribution >= 0.6 is 0 Å². The Morgan fingerprint density at radius 1 is 1.28 bits per heavy atom. The van der Waals surface area contributed by atoms with Crippen molar-refractivity contribution in [2.24, 2.45) is 0 Å². The second-order valence-corrected chi connectivity index (χ2v) is 5.74. The molecule has 0 radical (unpaired) electrons. The molecule has 0 bridgehead atoms. The number of morpholine rings is 1. The first kappa shape index (κ1) is 15.9. The summed E-state index contributed by atoms with van der Waals surface area (Å²) in [6.07, 6.45) is 6.96. The summed E-state index contributed by atoms with van der Waals surface area (Å²) in [4.78, 5) is 2.53. The molecule has 0 aliphatic carbocycles. The molecule has 1 fully saturated rings. The van der Waals surface area contributed by atoms with E-state index in [1.54, 1.807) is 0 Å². The van der Waals surface area contributed by atoms with Crippen molar-refractivity contribution < 1.29 is 4.74 Å². The van der Waals surface area contributed by atoms with Gasteiger partial charge >= 0.3 is 0 Å². The minimum atomic E-state index is 0.368. The molecule has 1 rings (SSSR count). The van der Waals surface area contributed by atoms with E-state index in [1.807, 2.05) is 0 Å². The van der Waals surface area contributed by atoms with Crippen LogP contribution in [0.25, 0.3) is 0 Å². The van der Waals surface area contributed by atoms with Crippen molar-refractivity contribution >= 4 is 0 Å². The molecule has 1 heterocycles. The Bertz CT molecular complexity index is 209. The van der Waals surface area contributed by atoms with Gasteiger partial charge in [0, 0.05) is 25.2 Å². The van der Waals surface area contributed by atoms with E-state index in [4.69, 9.17) is 4.74 Å². The van der Waals surface area contributed by atoms with Gasteiger partial charge in [0.2, 0.25) is 0 Å². The van der Waals surface area contributed by atoms with Gasteiger partial charge in [-0.25, -0.2) is 0 Å². The molecule has 1 aliphatic heterocycles. The third-order valence-electron chi connectivity index (χ3n) is 4.04. The van der Waals surface area contributed by atoms with Crippen LogP contribution in [-0.2, 0) is 4.74 Å². The average Bonchev–Trinajstić information content (AvgIpc) is 2.39. The highest BCUT2D eigenvalue weighted by atomic mass is 16.5. The number of ether oxygens (including phenoxy) is 1. The molecule has 0 aromatic heterocycles. The van der Waals surface area contributed by atoms with Crippen LogP contribution in [0.15, 0.2) is 0 Å². The zero-order valence-corrected chi connectivity index (χ0v) is 12.7. The Kier molecular flexibility index (Phi) is 7.87. The van der Waals surface area contributed by atoms with Crippen LogP contribution in [-0.4, -0.2) is 49.8 Å². The smallest absolute Gasteiger partial charge is 0.0855 e. The summed E-state index contributed by atoms with van der Waals surface area (Å²) in [6.45, 7) is 9.86. The summed E-state index contributed by atoms with van der Waals surface area (Å²) in [5.74, 6) is 0. The second-order valence-electron chi connectivity index (χ2n) is 5.74. The fraction of sp³-hybridized carbons (Fsp3) is 1.00. The number of rotatable bonds is 8. The largest absolute Gasteiger partial charge is 0.374 e. The molecular formula is C15H32N2O. The standard InChI is InChI=1S/C15H32N2O/c1-5-6-7-8-9-14(16-4)15-12-17(13(2)3)10-11-18-15/h13-16H,5-12H2,1-4H3. The summed E-state index contributed by atoms with van der Waals surface area (Å²) in [5.41, 5.74) is 0. The van der Waals surface area contributed by atoms with E-state index < -0.39 is 0 Å². The first-order valence-corrected chi connectivity index (χ1v) is 7.72. The van der Waals surface area contributed by atoms with Crippen molar-refractivity contribution in [3.8, 4) is 0 Å². The van der Waals surface area contributed by atoms with Crippen molar-refractivity contribution in [1.82, 2.24) is 10.2 Å². The first-order valence-electron chi connectivity index (χ1n) is 7.72. The molecule has 1 aliphatic rings. The molecular weight excluding hydrogens is 224 g/mol. The highest BCUT2D eigenvalue weighted by Crippen LogP contribution is 2.16. The summed E-state index contributed by atoms with van der Waals surface area (Å²) in [5, 5.41) is 3.46. The van der Waals surface area contributed by atoms with Crippen LogP contribution in [0.2, 0.25) is 0 Å². The SMILES string of the molecule is CCCCCCC(NC)C1CN(C(C)C)CCO1. The molecule has 2 unspecified atom stereocenters. The molecule has 1 saturated heterocycles. The van der Waals surface area contributed by atoms with E-state index in [2.05, 4.69) is 38.0 Å². The van der Waals surface area contributed by atoms with Crippen molar-refractivity contribution in [3.63, 3.8) is 0 Å². The van der Waals surface area contributed by atoms with Gasteiger partial charge in [-0.1, -0.05) is 32.6 Å². The Balaban J connectivity index is 2.34. The fourth-order valence-corrected chi connectivity index (χ4v) is 2.72. The van der Waals surface area contributed by atoms with Gasteiger partial charge in [-0.3, -0.25) is 4.90 Å². The Labute approximate surface area is 113 Å². The number of nitrogens with zero attached hydrogens (tertiary/aromatic N) is 1. The monoisotopic (exact) mass is 256 g/mol. The number of hydrogen-bond acceptors (Lipinski definition) is 3. The van der Waals surface area contributed by atoms with Gasteiger partial charge in [0.15, 0.2) is 0 Å². The second kappa shape index (κ2) is 8.89. The lowest BCUT2D eigenvalue weighted by Crippen LogP contribution is -2.53. The zero-order valence-electron chi connectivity index (χ0n) is 12.7. The van der Waals surface area contributed by atoms with Crippen LogP contribution in [0.5, 0.6) is 0 Å². The minimum absolute atomic E-state index is 0.368. The first-order chi connectivity index (χ1) is 8.69. The summed E-state index contributed by atoms with van der Waals surface area (Å²) >= 11 is 0. The molecule has 108 valence electrons. The third kappa shape index (κ3) is 5.25. The molecule has 3 heteroatoms. The van der Waals surface area contributed by atoms with Crippen LogP contribution in [0.1, 0.15) is 52.9 Å². The van der Waals surface area contributed by atoms with Gasteiger partial charge < -0.3 is 10.1 Å². The summed E-state index contributed by atoms with van der Waals surface area (Å²) in [7, 11) is 2.07. The van der Waals surface area contributed by atoms with Gasteiger partial charge in [-0.05, 0) is 27.3 Å². The van der Waals surface area contributed by atoms with Crippen LogP contribution in [0, 0.1) is 0 Å². The molecule has 0 aromatic rings. The highest BCUT2D eigenvalue weighted by molar-refractivity contribution is 4.83. The lowest BCUT2D eigenvalue weighted by atomic mass is 10.0. The van der Waals surface area contributed by atoms with Crippen LogP contribution < -0.4 is 5.32 Å². The topological polar surface area (TPSA) is 24.5 Å². The predicted molar refractivity (Wildman–Crippen MR) is 78.1 cm³/mol. The van der Waals surface area contributed by atoms with Crippen molar-refractivity contribution in [2.75, 3.05) is 26.7 Å². The van der Waals surface area contributed by atoms with E-state index in [9.17, 15) is 0 Å². The molecule has 2 atom stereocenters. The Morgan fingerprint density at radius 3 is 2.67 bits per heavy atom. The average molecular weight is 256 g/mol. The maximum absolute atomic E-state index is 5.96. The molecule has 0 aromatic carbocycles. The van der Waals surface area contributed by atoms with Gasteiger partial charge in [0.25, 0.3) is 0 Å². The maximum Gasteiger partial charge on any atom is 0.0855 e. The van der Waals surface area contributed by atoms with Crippen LogP contribution in [0.3, 0.4) is 0 Å².